The van der Waals surface area contributed by atoms with Gasteiger partial charge in [-0.1, -0.05) is 26.2 Å². The third kappa shape index (κ3) is 4.12. The van der Waals surface area contributed by atoms with Gasteiger partial charge in [0.1, 0.15) is 0 Å². The first-order valence-corrected chi connectivity index (χ1v) is 6.51. The van der Waals surface area contributed by atoms with E-state index in [9.17, 15) is 9.90 Å². The molecular weight excluding hydrogens is 202 g/mol. The van der Waals surface area contributed by atoms with E-state index in [1.54, 1.807) is 0 Å². The van der Waals surface area contributed by atoms with Crippen molar-refractivity contribution in [2.24, 2.45) is 5.92 Å². The average Bonchev–Trinajstić information content (AvgIpc) is 2.30. The number of hydrogen-bond donors (Lipinski definition) is 2. The average molecular weight is 227 g/mol. The molecule has 0 aliphatic heterocycles. The van der Waals surface area contributed by atoms with Gasteiger partial charge in [0.15, 0.2) is 0 Å². The molecule has 0 saturated heterocycles. The monoisotopic (exact) mass is 227 g/mol. The molecule has 0 aromatic heterocycles. The molecule has 3 nitrogen and oxygen atoms in total. The Balaban J connectivity index is 2.34. The van der Waals surface area contributed by atoms with E-state index in [4.69, 9.17) is 0 Å². The van der Waals surface area contributed by atoms with Crippen LogP contribution in [0.1, 0.15) is 58.8 Å². The fourth-order valence-corrected chi connectivity index (χ4v) is 2.28. The molecule has 3 heteroatoms. The summed E-state index contributed by atoms with van der Waals surface area (Å²) in [6.45, 7) is 3.89. The molecule has 1 aliphatic carbocycles. The van der Waals surface area contributed by atoms with Crippen LogP contribution in [0.3, 0.4) is 0 Å². The van der Waals surface area contributed by atoms with E-state index in [0.717, 1.165) is 6.42 Å². The predicted molar refractivity (Wildman–Crippen MR) is 65.1 cm³/mol. The number of aliphatic hydroxyl groups excluding tert-OH is 1. The Kier molecular flexibility index (Phi) is 5.26. The molecule has 1 rings (SSSR count). The van der Waals surface area contributed by atoms with Crippen LogP contribution in [0.25, 0.3) is 0 Å². The highest BCUT2D eigenvalue weighted by atomic mass is 16.3. The topological polar surface area (TPSA) is 49.3 Å². The van der Waals surface area contributed by atoms with Gasteiger partial charge in [0.25, 0.3) is 0 Å². The third-order valence-electron chi connectivity index (χ3n) is 3.77. The summed E-state index contributed by atoms with van der Waals surface area (Å²) in [4.78, 5) is 11.8. The first-order valence-electron chi connectivity index (χ1n) is 6.51. The molecule has 0 aromatic carbocycles. The quantitative estimate of drug-likeness (QED) is 0.756. The van der Waals surface area contributed by atoms with Crippen LogP contribution in [0.15, 0.2) is 0 Å². The van der Waals surface area contributed by atoms with Gasteiger partial charge >= 0.3 is 0 Å². The van der Waals surface area contributed by atoms with Gasteiger partial charge in [0.05, 0.1) is 12.1 Å². The number of nitrogens with one attached hydrogen (secondary N) is 1. The molecule has 1 unspecified atom stereocenters. The van der Waals surface area contributed by atoms with Crippen LogP contribution in [-0.4, -0.2) is 23.2 Å². The molecule has 0 heterocycles. The predicted octanol–water partition coefficient (Wildman–Crippen LogP) is 2.23. The second kappa shape index (κ2) is 6.24. The van der Waals surface area contributed by atoms with Crippen LogP contribution in [0.5, 0.6) is 0 Å². The molecule has 1 fully saturated rings. The van der Waals surface area contributed by atoms with Gasteiger partial charge in [-0.05, 0) is 32.1 Å². The van der Waals surface area contributed by atoms with Crippen molar-refractivity contribution in [3.05, 3.63) is 0 Å². The SMILES string of the molecule is CCC(C)(CO)NC(=O)CC1CCCCC1. The van der Waals surface area contributed by atoms with Gasteiger partial charge in [0, 0.05) is 6.42 Å². The van der Waals surface area contributed by atoms with Gasteiger partial charge in [-0.2, -0.15) is 0 Å². The molecule has 1 saturated carbocycles. The van der Waals surface area contributed by atoms with E-state index in [1.165, 1.54) is 32.1 Å². The molecule has 0 bridgehead atoms. The zero-order valence-corrected chi connectivity index (χ0v) is 10.6. The maximum absolute atomic E-state index is 11.8. The third-order valence-corrected chi connectivity index (χ3v) is 3.77. The van der Waals surface area contributed by atoms with Crippen molar-refractivity contribution >= 4 is 5.91 Å². The number of carbonyl (C=O) groups excluding carboxylic acids is 1. The summed E-state index contributed by atoms with van der Waals surface area (Å²) in [7, 11) is 0. The summed E-state index contributed by atoms with van der Waals surface area (Å²) >= 11 is 0. The zero-order chi connectivity index (χ0) is 12.0. The number of aliphatic hydroxyl groups is 1. The van der Waals surface area contributed by atoms with Gasteiger partial charge in [-0.15, -0.1) is 0 Å². The van der Waals surface area contributed by atoms with Gasteiger partial charge in [-0.3, -0.25) is 4.79 Å². The van der Waals surface area contributed by atoms with E-state index >= 15 is 0 Å². The standard InChI is InChI=1S/C13H25NO2/c1-3-13(2,10-15)14-12(16)9-11-7-5-4-6-8-11/h11,15H,3-10H2,1-2H3,(H,14,16). The smallest absolute Gasteiger partial charge is 0.220 e. The van der Waals surface area contributed by atoms with Crippen LogP contribution in [0.4, 0.5) is 0 Å². The number of hydrogen-bond acceptors (Lipinski definition) is 2. The first-order chi connectivity index (χ1) is 7.59. The van der Waals surface area contributed by atoms with Gasteiger partial charge in [0.2, 0.25) is 5.91 Å². The van der Waals surface area contributed by atoms with Gasteiger partial charge in [-0.25, -0.2) is 0 Å². The Hall–Kier alpha value is -0.570. The molecule has 1 atom stereocenters. The molecule has 0 aromatic rings. The zero-order valence-electron chi connectivity index (χ0n) is 10.6. The fraction of sp³-hybridized carbons (Fsp3) is 0.923. The van der Waals surface area contributed by atoms with Crippen molar-refractivity contribution in [3.63, 3.8) is 0 Å². The molecule has 1 aliphatic rings. The van der Waals surface area contributed by atoms with E-state index in [0.29, 0.717) is 12.3 Å². The lowest BCUT2D eigenvalue weighted by atomic mass is 9.86. The highest BCUT2D eigenvalue weighted by molar-refractivity contribution is 5.77. The molecule has 0 spiro atoms. The van der Waals surface area contributed by atoms with Crippen LogP contribution >= 0.6 is 0 Å². The maximum atomic E-state index is 11.8. The number of carbonyl (C=O) groups is 1. The van der Waals surface area contributed by atoms with Crippen LogP contribution in [0, 0.1) is 5.92 Å². The molecule has 94 valence electrons. The molecule has 0 radical (unpaired) electrons. The fourth-order valence-electron chi connectivity index (χ4n) is 2.28. The van der Waals surface area contributed by atoms with Crippen molar-refractivity contribution in [3.8, 4) is 0 Å². The second-order valence-electron chi connectivity index (χ2n) is 5.33. The van der Waals surface area contributed by atoms with Crippen molar-refractivity contribution in [1.82, 2.24) is 5.32 Å². The highest BCUT2D eigenvalue weighted by Crippen LogP contribution is 2.26. The Morgan fingerprint density at radius 3 is 2.50 bits per heavy atom. The molecule has 1 amide bonds. The molecule has 2 N–H and O–H groups in total. The lowest BCUT2D eigenvalue weighted by Gasteiger charge is -2.29. The van der Waals surface area contributed by atoms with Gasteiger partial charge < -0.3 is 10.4 Å². The summed E-state index contributed by atoms with van der Waals surface area (Å²) in [6, 6.07) is 0. The summed E-state index contributed by atoms with van der Waals surface area (Å²) in [5, 5.41) is 12.2. The summed E-state index contributed by atoms with van der Waals surface area (Å²) < 4.78 is 0. The second-order valence-corrected chi connectivity index (χ2v) is 5.33. The minimum atomic E-state index is -0.439. The molecular formula is C13H25NO2. The maximum Gasteiger partial charge on any atom is 0.220 e. The van der Waals surface area contributed by atoms with E-state index in [1.807, 2.05) is 13.8 Å². The lowest BCUT2D eigenvalue weighted by molar-refractivity contribution is -0.124. The Labute approximate surface area is 98.6 Å². The molecule has 16 heavy (non-hydrogen) atoms. The van der Waals surface area contributed by atoms with E-state index in [-0.39, 0.29) is 12.5 Å². The van der Waals surface area contributed by atoms with Crippen LogP contribution in [0.2, 0.25) is 0 Å². The van der Waals surface area contributed by atoms with Crippen LogP contribution < -0.4 is 5.32 Å². The Bertz CT molecular complexity index is 218. The Morgan fingerprint density at radius 2 is 2.00 bits per heavy atom. The summed E-state index contributed by atoms with van der Waals surface area (Å²) in [5.41, 5.74) is -0.439. The minimum Gasteiger partial charge on any atom is -0.394 e. The minimum absolute atomic E-state index is 0.0138. The Morgan fingerprint density at radius 1 is 1.38 bits per heavy atom. The van der Waals surface area contributed by atoms with Crippen molar-refractivity contribution in [2.45, 2.75) is 64.3 Å². The number of amides is 1. The van der Waals surface area contributed by atoms with Crippen molar-refractivity contribution < 1.29 is 9.90 Å². The highest BCUT2D eigenvalue weighted by Gasteiger charge is 2.25. The first kappa shape index (κ1) is 13.5. The normalized spacial score (nSPS) is 21.4. The summed E-state index contributed by atoms with van der Waals surface area (Å²) in [6.07, 6.45) is 7.63. The van der Waals surface area contributed by atoms with E-state index in [2.05, 4.69) is 5.32 Å². The lowest BCUT2D eigenvalue weighted by Crippen LogP contribution is -2.48. The van der Waals surface area contributed by atoms with Crippen LogP contribution in [-0.2, 0) is 4.79 Å². The largest absolute Gasteiger partial charge is 0.394 e. The van der Waals surface area contributed by atoms with E-state index < -0.39 is 5.54 Å². The summed E-state index contributed by atoms with van der Waals surface area (Å²) in [5.74, 6) is 0.666. The van der Waals surface area contributed by atoms with Crippen molar-refractivity contribution in [2.75, 3.05) is 6.61 Å². The number of rotatable bonds is 5. The van der Waals surface area contributed by atoms with Crippen molar-refractivity contribution in [1.29, 1.82) is 0 Å².